The molecule has 0 aromatic carbocycles. The fourth-order valence-corrected chi connectivity index (χ4v) is 1.38. The predicted octanol–water partition coefficient (Wildman–Crippen LogP) is -0.188. The largest absolute Gasteiger partial charge is 0.330 e. The fraction of sp³-hybridized carbons (Fsp3) is 0.100. The van der Waals surface area contributed by atoms with E-state index >= 15 is 0 Å². The van der Waals surface area contributed by atoms with Crippen molar-refractivity contribution in [2.45, 2.75) is 6.85 Å². The SMILES string of the molecule is [2H]c1nc2c(C([2H])([2H])[2H])ccc([2H])n2c(=O)c1-c1nnn[n-]1. The van der Waals surface area contributed by atoms with Crippen molar-refractivity contribution in [3.05, 3.63) is 40.4 Å². The molecular formula is C10H7N6O-. The van der Waals surface area contributed by atoms with E-state index in [1.54, 1.807) is 0 Å². The van der Waals surface area contributed by atoms with E-state index < -0.39 is 18.6 Å². The second kappa shape index (κ2) is 3.48. The van der Waals surface area contributed by atoms with Gasteiger partial charge in [-0.05, 0) is 18.5 Å². The smallest absolute Gasteiger partial charge is 0.266 e. The number of nitrogens with zero attached hydrogens (tertiary/aromatic N) is 6. The second-order valence-electron chi connectivity index (χ2n) is 3.14. The first-order valence-electron chi connectivity index (χ1n) is 7.03. The highest BCUT2D eigenvalue weighted by Gasteiger charge is 2.06. The van der Waals surface area contributed by atoms with E-state index in [4.69, 9.17) is 6.85 Å². The minimum atomic E-state index is -2.54. The summed E-state index contributed by atoms with van der Waals surface area (Å²) in [7, 11) is 0. The van der Waals surface area contributed by atoms with Gasteiger partial charge >= 0.3 is 0 Å². The van der Waals surface area contributed by atoms with Gasteiger partial charge in [0.15, 0.2) is 0 Å². The Hall–Kier alpha value is -2.57. The van der Waals surface area contributed by atoms with E-state index in [1.165, 1.54) is 12.1 Å². The molecule has 0 saturated heterocycles. The minimum absolute atomic E-state index is 0.199. The molecule has 0 fully saturated rings. The maximum Gasteiger partial charge on any atom is 0.266 e. The number of tetrazole rings is 1. The molecule has 7 heteroatoms. The lowest BCUT2D eigenvalue weighted by molar-refractivity contribution is 0.871. The van der Waals surface area contributed by atoms with Gasteiger partial charge in [-0.2, -0.15) is 5.21 Å². The first-order chi connectivity index (χ1) is 10.3. The summed E-state index contributed by atoms with van der Waals surface area (Å²) >= 11 is 0. The molecule has 0 aliphatic rings. The summed E-state index contributed by atoms with van der Waals surface area (Å²) in [6.07, 6.45) is -0.773. The molecule has 0 spiro atoms. The van der Waals surface area contributed by atoms with Crippen LogP contribution >= 0.6 is 0 Å². The molecule has 3 heterocycles. The maximum atomic E-state index is 12.5. The number of rotatable bonds is 1. The van der Waals surface area contributed by atoms with Crippen LogP contribution in [0.2, 0.25) is 0 Å². The molecule has 0 amide bonds. The molecule has 0 aliphatic heterocycles. The molecule has 0 N–H and O–H groups in total. The summed E-state index contributed by atoms with van der Waals surface area (Å²) in [5.41, 5.74) is -1.60. The molecule has 84 valence electrons. The van der Waals surface area contributed by atoms with E-state index in [9.17, 15) is 4.79 Å². The van der Waals surface area contributed by atoms with Crippen LogP contribution < -0.4 is 10.7 Å². The van der Waals surface area contributed by atoms with Crippen LogP contribution in [0.1, 0.15) is 12.4 Å². The number of aryl methyl sites for hydroxylation is 1. The topological polar surface area (TPSA) is 87.1 Å². The molecule has 0 unspecified atom stereocenters. The zero-order valence-corrected chi connectivity index (χ0v) is 8.25. The van der Waals surface area contributed by atoms with Crippen molar-refractivity contribution in [2.75, 3.05) is 0 Å². The molecule has 3 aromatic rings. The highest BCUT2D eigenvalue weighted by molar-refractivity contribution is 5.55. The van der Waals surface area contributed by atoms with Gasteiger partial charge in [0, 0.05) is 22.3 Å². The standard InChI is InChI=1S/C10H7N6O/c1-6-3-2-4-16-9(6)11-5-7(10(16)17)8-12-14-15-13-8/h2-5H,1H3/q-1/i1D3,4D,5D. The van der Waals surface area contributed by atoms with Gasteiger partial charge in [0.25, 0.3) is 5.56 Å². The van der Waals surface area contributed by atoms with Crippen molar-refractivity contribution in [1.29, 1.82) is 0 Å². The quantitative estimate of drug-likeness (QED) is 0.578. The van der Waals surface area contributed by atoms with Crippen LogP contribution in [-0.4, -0.2) is 24.9 Å². The van der Waals surface area contributed by atoms with Crippen LogP contribution in [0.15, 0.2) is 29.3 Å². The van der Waals surface area contributed by atoms with Crippen molar-refractivity contribution >= 4 is 5.65 Å². The van der Waals surface area contributed by atoms with Crippen LogP contribution in [-0.2, 0) is 0 Å². The number of hydrogen-bond acceptors (Lipinski definition) is 5. The Kier molecular flexibility index (Phi) is 1.16. The molecule has 0 saturated carbocycles. The van der Waals surface area contributed by atoms with E-state index in [2.05, 4.69) is 25.6 Å². The Morgan fingerprint density at radius 1 is 1.59 bits per heavy atom. The van der Waals surface area contributed by atoms with Crippen molar-refractivity contribution in [1.82, 2.24) is 30.0 Å². The molecular weight excluding hydrogens is 220 g/mol. The maximum absolute atomic E-state index is 12.5. The lowest BCUT2D eigenvalue weighted by atomic mass is 10.2. The van der Waals surface area contributed by atoms with Crippen LogP contribution in [0, 0.1) is 6.85 Å². The highest BCUT2D eigenvalue weighted by Crippen LogP contribution is 2.09. The molecule has 0 radical (unpaired) electrons. The van der Waals surface area contributed by atoms with Crippen molar-refractivity contribution in [3.63, 3.8) is 0 Å². The number of aromatic nitrogens is 6. The summed E-state index contributed by atoms with van der Waals surface area (Å²) in [6, 6.07) is 2.37. The van der Waals surface area contributed by atoms with Crippen molar-refractivity contribution in [2.24, 2.45) is 0 Å². The zero-order valence-electron chi connectivity index (χ0n) is 13.2. The molecule has 3 rings (SSSR count). The van der Waals surface area contributed by atoms with Gasteiger partial charge in [-0.3, -0.25) is 19.5 Å². The summed E-state index contributed by atoms with van der Waals surface area (Å²) in [5, 5.41) is 13.5. The third-order valence-electron chi connectivity index (χ3n) is 2.14. The van der Waals surface area contributed by atoms with E-state index in [0.29, 0.717) is 0 Å². The molecule has 0 aliphatic carbocycles. The van der Waals surface area contributed by atoms with Crippen LogP contribution in [0.5, 0.6) is 0 Å². The predicted molar refractivity (Wildman–Crippen MR) is 58.3 cm³/mol. The lowest BCUT2D eigenvalue weighted by Crippen LogP contribution is -2.17. The summed E-state index contributed by atoms with van der Waals surface area (Å²) < 4.78 is 38.8. The second-order valence-corrected chi connectivity index (χ2v) is 3.14. The number of pyridine rings is 1. The molecule has 3 aromatic heterocycles. The number of hydrogen-bond donors (Lipinski definition) is 0. The van der Waals surface area contributed by atoms with Crippen molar-refractivity contribution in [3.8, 4) is 11.4 Å². The van der Waals surface area contributed by atoms with Crippen LogP contribution in [0.4, 0.5) is 0 Å². The Labute approximate surface area is 102 Å². The Bertz CT molecular complexity index is 916. The van der Waals surface area contributed by atoms with Gasteiger partial charge < -0.3 is 5.10 Å². The minimum Gasteiger partial charge on any atom is -0.330 e. The van der Waals surface area contributed by atoms with Gasteiger partial charge in [-0.1, -0.05) is 6.07 Å². The van der Waals surface area contributed by atoms with E-state index in [1.807, 2.05) is 0 Å². The molecule has 0 atom stereocenters. The first kappa shape index (κ1) is 5.67. The Morgan fingerprint density at radius 2 is 2.53 bits per heavy atom. The molecule has 0 bridgehead atoms. The third kappa shape index (κ3) is 1.40. The highest BCUT2D eigenvalue weighted by atomic mass is 16.1. The average Bonchev–Trinajstić information content (AvgIpc) is 2.90. The third-order valence-corrected chi connectivity index (χ3v) is 2.14. The van der Waals surface area contributed by atoms with Gasteiger partial charge in [0.2, 0.25) is 0 Å². The van der Waals surface area contributed by atoms with E-state index in [0.717, 1.165) is 4.40 Å². The van der Waals surface area contributed by atoms with E-state index in [-0.39, 0.29) is 28.8 Å². The van der Waals surface area contributed by atoms with Crippen molar-refractivity contribution < 1.29 is 6.85 Å². The number of fused-ring (bicyclic) bond motifs is 1. The average molecular weight is 232 g/mol. The fourth-order valence-electron chi connectivity index (χ4n) is 1.38. The molecule has 7 nitrogen and oxygen atoms in total. The van der Waals surface area contributed by atoms with Gasteiger partial charge in [0.1, 0.15) is 5.65 Å². The lowest BCUT2D eigenvalue weighted by Gasteiger charge is -2.05. The van der Waals surface area contributed by atoms with Crippen LogP contribution in [0.25, 0.3) is 17.0 Å². The van der Waals surface area contributed by atoms with Gasteiger partial charge in [0.05, 0.1) is 8.30 Å². The summed E-state index contributed by atoms with van der Waals surface area (Å²) in [4.78, 5) is 16.3. The zero-order chi connectivity index (χ0) is 16.1. The Morgan fingerprint density at radius 3 is 3.29 bits per heavy atom. The first-order valence-corrected chi connectivity index (χ1v) is 4.53. The van der Waals surface area contributed by atoms with Gasteiger partial charge in [-0.25, -0.2) is 4.98 Å². The summed E-state index contributed by atoms with van der Waals surface area (Å²) in [6.45, 7) is -2.54. The monoisotopic (exact) mass is 232 g/mol. The van der Waals surface area contributed by atoms with Gasteiger partial charge in [-0.15, -0.1) is 0 Å². The summed E-state index contributed by atoms with van der Waals surface area (Å²) in [5.74, 6) is -0.199. The normalized spacial score (nSPS) is 15.9. The van der Waals surface area contributed by atoms with Crippen LogP contribution in [0.3, 0.4) is 0 Å². The Balaban J connectivity index is 2.48. The molecule has 17 heavy (non-hydrogen) atoms.